The summed E-state index contributed by atoms with van der Waals surface area (Å²) in [4.78, 5) is 31.0. The fourth-order valence-corrected chi connectivity index (χ4v) is 4.92. The fraction of sp³-hybridized carbons (Fsp3) is 0.500. The average Bonchev–Trinajstić information content (AvgIpc) is 3.42. The van der Waals surface area contributed by atoms with E-state index >= 15 is 0 Å². The first-order valence-electron chi connectivity index (χ1n) is 10.4. The van der Waals surface area contributed by atoms with Gasteiger partial charge in [0.25, 0.3) is 0 Å². The number of guanidine groups is 1. The van der Waals surface area contributed by atoms with Crippen LogP contribution in [0.1, 0.15) is 12.8 Å². The van der Waals surface area contributed by atoms with Gasteiger partial charge in [-0.05, 0) is 42.9 Å². The molecule has 9 heteroatoms. The van der Waals surface area contributed by atoms with E-state index in [-0.39, 0.29) is 59.5 Å². The molecule has 1 saturated heterocycles. The molecule has 2 N–H and O–H groups in total. The Morgan fingerprint density at radius 1 is 1.16 bits per heavy atom. The largest absolute Gasteiger partial charge is 0.492 e. The van der Waals surface area contributed by atoms with Crippen LogP contribution in [0.5, 0.6) is 5.75 Å². The van der Waals surface area contributed by atoms with Crippen LogP contribution in [-0.4, -0.2) is 56.0 Å². The predicted molar refractivity (Wildman–Crippen MR) is 131 cm³/mol. The number of benzene rings is 1. The molecule has 4 atom stereocenters. The number of imide groups is 1. The lowest BCUT2D eigenvalue weighted by Gasteiger charge is -2.18. The normalized spacial score (nSPS) is 26.1. The summed E-state index contributed by atoms with van der Waals surface area (Å²) >= 11 is 5.94. The molecule has 0 radical (unpaired) electrons. The van der Waals surface area contributed by atoms with Crippen LogP contribution in [0.2, 0.25) is 5.02 Å². The summed E-state index contributed by atoms with van der Waals surface area (Å²) in [7, 11) is 1.70. The lowest BCUT2D eigenvalue weighted by atomic mass is 9.85. The van der Waals surface area contributed by atoms with Crippen molar-refractivity contribution in [1.29, 1.82) is 0 Å². The van der Waals surface area contributed by atoms with Crippen molar-refractivity contribution in [2.45, 2.75) is 12.8 Å². The quantitative estimate of drug-likeness (QED) is 0.128. The molecule has 2 aliphatic carbocycles. The molecule has 3 aliphatic rings. The Labute approximate surface area is 204 Å². The van der Waals surface area contributed by atoms with Gasteiger partial charge in [-0.15, -0.1) is 24.0 Å². The van der Waals surface area contributed by atoms with Crippen molar-refractivity contribution in [2.75, 3.05) is 33.3 Å². The number of nitrogens with zero attached hydrogens (tertiary/aromatic N) is 2. The second-order valence-corrected chi connectivity index (χ2v) is 8.35. The molecule has 31 heavy (non-hydrogen) atoms. The maximum Gasteiger partial charge on any atom is 0.233 e. The van der Waals surface area contributed by atoms with Crippen LogP contribution in [0.15, 0.2) is 41.4 Å². The van der Waals surface area contributed by atoms with Crippen LogP contribution in [-0.2, 0) is 9.59 Å². The number of allylic oxidation sites excluding steroid dienone is 2. The molecule has 4 rings (SSSR count). The van der Waals surface area contributed by atoms with Gasteiger partial charge in [0.1, 0.15) is 12.4 Å². The first-order chi connectivity index (χ1) is 14.6. The Balaban J connectivity index is 0.00000272. The number of aliphatic imine (C=N–C) groups is 1. The molecule has 1 aliphatic heterocycles. The first-order valence-corrected chi connectivity index (χ1v) is 10.8. The summed E-state index contributed by atoms with van der Waals surface area (Å²) in [6.07, 6.45) is 5.88. The minimum Gasteiger partial charge on any atom is -0.492 e. The molecule has 1 aromatic rings. The Bertz CT molecular complexity index is 848. The lowest BCUT2D eigenvalue weighted by molar-refractivity contribution is -0.140. The molecule has 4 unspecified atom stereocenters. The minimum atomic E-state index is -0.116. The second kappa shape index (κ2) is 10.7. The van der Waals surface area contributed by atoms with Crippen molar-refractivity contribution >= 4 is 53.4 Å². The Morgan fingerprint density at radius 3 is 2.48 bits per heavy atom. The third-order valence-corrected chi connectivity index (χ3v) is 6.33. The van der Waals surface area contributed by atoms with Gasteiger partial charge in [-0.1, -0.05) is 29.8 Å². The number of carbonyl (C=O) groups is 2. The highest BCUT2D eigenvalue weighted by molar-refractivity contribution is 14.0. The zero-order valence-corrected chi connectivity index (χ0v) is 20.5. The van der Waals surface area contributed by atoms with Gasteiger partial charge in [-0.25, -0.2) is 0 Å². The molecular weight excluding hydrogens is 531 g/mol. The van der Waals surface area contributed by atoms with Gasteiger partial charge in [-0.2, -0.15) is 0 Å². The van der Waals surface area contributed by atoms with Gasteiger partial charge in [0.05, 0.1) is 18.4 Å². The number of halogens is 2. The number of hydrogen-bond donors (Lipinski definition) is 2. The monoisotopic (exact) mass is 558 g/mol. The minimum absolute atomic E-state index is 0. The molecule has 1 heterocycles. The van der Waals surface area contributed by atoms with Crippen LogP contribution in [0.4, 0.5) is 0 Å². The SMILES string of the molecule is CN=C(NCCCN1C(=O)C2C3C=CC(C3)C2C1=O)NCCOc1cccc(Cl)c1.I. The molecule has 2 bridgehead atoms. The highest BCUT2D eigenvalue weighted by atomic mass is 127. The molecule has 1 aromatic carbocycles. The lowest BCUT2D eigenvalue weighted by Crippen LogP contribution is -2.41. The van der Waals surface area contributed by atoms with Crippen molar-refractivity contribution in [3.05, 3.63) is 41.4 Å². The Kier molecular flexibility index (Phi) is 8.21. The standard InChI is InChI=1S/C22H27ClN4O3.HI/c1-24-22(26-9-11-30-17-5-2-4-16(23)13-17)25-8-3-10-27-20(28)18-14-6-7-15(12-14)19(18)21(27)29;/h2,4-7,13-15,18-19H,3,8-12H2,1H3,(H2,24,25,26);1H. The van der Waals surface area contributed by atoms with Gasteiger partial charge >= 0.3 is 0 Å². The number of carbonyl (C=O) groups excluding carboxylic acids is 2. The highest BCUT2D eigenvalue weighted by Crippen LogP contribution is 2.52. The van der Waals surface area contributed by atoms with Crippen molar-refractivity contribution in [2.24, 2.45) is 28.7 Å². The average molecular weight is 559 g/mol. The second-order valence-electron chi connectivity index (χ2n) is 7.91. The number of nitrogens with one attached hydrogen (secondary N) is 2. The van der Waals surface area contributed by atoms with E-state index in [1.807, 2.05) is 12.1 Å². The van der Waals surface area contributed by atoms with Gasteiger partial charge < -0.3 is 15.4 Å². The molecule has 1 saturated carbocycles. The summed E-state index contributed by atoms with van der Waals surface area (Å²) in [6.45, 7) is 2.11. The summed E-state index contributed by atoms with van der Waals surface area (Å²) in [5, 5.41) is 7.03. The van der Waals surface area contributed by atoms with E-state index in [9.17, 15) is 9.59 Å². The molecule has 2 fully saturated rings. The molecule has 0 spiro atoms. The molecular formula is C22H28ClIN4O3. The smallest absolute Gasteiger partial charge is 0.233 e. The van der Waals surface area contributed by atoms with Crippen LogP contribution >= 0.6 is 35.6 Å². The van der Waals surface area contributed by atoms with Gasteiger partial charge in [0.15, 0.2) is 5.96 Å². The Hall–Kier alpha value is -1.81. The maximum atomic E-state index is 12.7. The predicted octanol–water partition coefficient (Wildman–Crippen LogP) is 2.70. The van der Waals surface area contributed by atoms with Gasteiger partial charge in [-0.3, -0.25) is 19.5 Å². The number of rotatable bonds is 8. The maximum absolute atomic E-state index is 12.7. The van der Waals surface area contributed by atoms with E-state index in [0.29, 0.717) is 43.6 Å². The summed E-state index contributed by atoms with van der Waals surface area (Å²) in [5.41, 5.74) is 0. The van der Waals surface area contributed by atoms with Crippen molar-refractivity contribution in [3.8, 4) is 5.75 Å². The summed E-state index contributed by atoms with van der Waals surface area (Å²) in [5.74, 6) is 1.70. The molecule has 2 amide bonds. The third kappa shape index (κ3) is 5.16. The van der Waals surface area contributed by atoms with Crippen LogP contribution in [0, 0.1) is 23.7 Å². The van der Waals surface area contributed by atoms with E-state index in [0.717, 1.165) is 12.2 Å². The zero-order chi connectivity index (χ0) is 21.1. The number of fused-ring (bicyclic) bond motifs is 5. The van der Waals surface area contributed by atoms with E-state index in [1.54, 1.807) is 19.2 Å². The van der Waals surface area contributed by atoms with Gasteiger partial charge in [0, 0.05) is 25.2 Å². The van der Waals surface area contributed by atoms with Crippen molar-refractivity contribution < 1.29 is 14.3 Å². The first kappa shape index (κ1) is 23.8. The summed E-state index contributed by atoms with van der Waals surface area (Å²) < 4.78 is 5.64. The number of hydrogen-bond acceptors (Lipinski definition) is 4. The van der Waals surface area contributed by atoms with E-state index in [1.165, 1.54) is 4.90 Å². The molecule has 7 nitrogen and oxygen atoms in total. The van der Waals surface area contributed by atoms with Crippen LogP contribution in [0.3, 0.4) is 0 Å². The van der Waals surface area contributed by atoms with Crippen LogP contribution < -0.4 is 15.4 Å². The fourth-order valence-electron chi connectivity index (χ4n) is 4.74. The van der Waals surface area contributed by atoms with Crippen molar-refractivity contribution in [3.63, 3.8) is 0 Å². The number of amides is 2. The molecule has 168 valence electrons. The van der Waals surface area contributed by atoms with Crippen LogP contribution in [0.25, 0.3) is 0 Å². The van der Waals surface area contributed by atoms with Crippen molar-refractivity contribution in [1.82, 2.24) is 15.5 Å². The van der Waals surface area contributed by atoms with Gasteiger partial charge in [0.2, 0.25) is 11.8 Å². The zero-order valence-electron chi connectivity index (χ0n) is 17.4. The number of likely N-dealkylation sites (tertiary alicyclic amines) is 1. The van der Waals surface area contributed by atoms with E-state index in [4.69, 9.17) is 16.3 Å². The van der Waals surface area contributed by atoms with E-state index < -0.39 is 0 Å². The Morgan fingerprint density at radius 2 is 1.84 bits per heavy atom. The van der Waals surface area contributed by atoms with E-state index in [2.05, 4.69) is 27.8 Å². The third-order valence-electron chi connectivity index (χ3n) is 6.10. The number of ether oxygens (including phenoxy) is 1. The molecule has 0 aromatic heterocycles. The summed E-state index contributed by atoms with van der Waals surface area (Å²) in [6, 6.07) is 7.27. The topological polar surface area (TPSA) is 83.0 Å². The highest BCUT2D eigenvalue weighted by Gasteiger charge is 2.58.